The minimum Gasteiger partial charge on any atom is -0.278 e. The second kappa shape index (κ2) is 20.8. The Hall–Kier alpha value is -10.7. The predicted octanol–water partition coefficient (Wildman–Crippen LogP) is 23.0. The summed E-state index contributed by atoms with van der Waals surface area (Å²) in [6, 6.07) is 99.2. The number of hydrogen-bond donors (Lipinski definition) is 0. The van der Waals surface area contributed by atoms with Crippen LogP contribution in [0.1, 0.15) is 11.1 Å². The second-order valence-electron chi connectivity index (χ2n) is 22.9. The first-order valence-electron chi connectivity index (χ1n) is 29.9. The van der Waals surface area contributed by atoms with Gasteiger partial charge in [-0.1, -0.05) is 237 Å². The second-order valence-corrected chi connectivity index (χ2v) is 25.3. The van der Waals surface area contributed by atoms with Crippen LogP contribution in [0.15, 0.2) is 279 Å². The lowest BCUT2D eigenvalue weighted by Gasteiger charge is -2.13. The Kier molecular flexibility index (Phi) is 12.0. The maximum absolute atomic E-state index is 6.15. The van der Waals surface area contributed by atoms with E-state index in [-0.39, 0.29) is 5.28 Å². The van der Waals surface area contributed by atoms with Gasteiger partial charge in [-0.3, -0.25) is 4.57 Å². The molecule has 5 nitrogen and oxygen atoms in total. The number of para-hydroxylation sites is 1. The smallest absolute Gasteiger partial charge is 0.235 e. The van der Waals surface area contributed by atoms with Crippen LogP contribution in [-0.2, 0) is 6.42 Å². The van der Waals surface area contributed by atoms with Crippen molar-refractivity contribution in [2.24, 2.45) is 0 Å². The van der Waals surface area contributed by atoms with E-state index in [1.807, 2.05) is 65.1 Å². The molecule has 0 amide bonds. The molecule has 5 heterocycles. The zero-order chi connectivity index (χ0) is 58.7. The van der Waals surface area contributed by atoms with Crippen molar-refractivity contribution < 1.29 is 0 Å². The molecule has 0 N–H and O–H groups in total. The van der Waals surface area contributed by atoms with Gasteiger partial charge in [-0.15, -0.1) is 22.7 Å². The Labute approximate surface area is 523 Å². The molecule has 14 aromatic carbocycles. The van der Waals surface area contributed by atoms with E-state index in [1.165, 1.54) is 100 Å². The molecule has 1 aliphatic carbocycles. The fraction of sp³-hybridized carbons (Fsp3) is 0.0123. The lowest BCUT2D eigenvalue weighted by Crippen LogP contribution is -2.03. The Morgan fingerprint density at radius 3 is 1.39 bits per heavy atom. The van der Waals surface area contributed by atoms with E-state index in [1.54, 1.807) is 0 Å². The summed E-state index contributed by atoms with van der Waals surface area (Å²) < 4.78 is 7.69. The van der Waals surface area contributed by atoms with Crippen molar-refractivity contribution in [1.29, 1.82) is 0 Å². The Balaban J connectivity index is 0.000000110. The molecular weight excluding hydrogens is 1140 g/mol. The number of halogens is 1. The fourth-order valence-electron chi connectivity index (χ4n) is 13.7. The normalized spacial score (nSPS) is 12.1. The van der Waals surface area contributed by atoms with Crippen LogP contribution in [0.3, 0.4) is 0 Å². The molecule has 0 fully saturated rings. The van der Waals surface area contributed by atoms with E-state index in [4.69, 9.17) is 21.6 Å². The van der Waals surface area contributed by atoms with Gasteiger partial charge < -0.3 is 0 Å². The van der Waals surface area contributed by atoms with Gasteiger partial charge in [0.15, 0.2) is 0 Å². The van der Waals surface area contributed by atoms with Gasteiger partial charge in [-0.2, -0.15) is 0 Å². The van der Waals surface area contributed by atoms with Gasteiger partial charge in [-0.25, -0.2) is 19.9 Å². The standard InChI is InChI=1S/C40H23N3S.C23H14S.C18H11ClN2/c1-2-12-26(13-3-1)37-31-21-19-24-10-4-6-14-27(24)38(31)42-40(41-37)43-34-17-9-8-16-29(34)32-22-33-30-20-18-25-11-5-7-15-28(25)39(30)44-36(33)23-35(32)43;1-4-8-18-14(5-1)9-10-19-21-13-20-16(12-22(21)24-23(18)19)11-15-6-2-3-7-17(15)20;19-18-20-16(13-7-2-1-3-8-13)15-11-10-12-6-4-5-9-14(12)17(15)21-18/h1-23H;1-10,12-13H,11H2;1-11H. The Morgan fingerprint density at radius 1 is 0.303 bits per heavy atom. The highest BCUT2D eigenvalue weighted by atomic mass is 35.5. The van der Waals surface area contributed by atoms with E-state index in [0.29, 0.717) is 5.95 Å². The molecule has 5 aromatic heterocycles. The van der Waals surface area contributed by atoms with Crippen molar-refractivity contribution in [2.45, 2.75) is 6.42 Å². The first kappa shape index (κ1) is 51.5. The number of fused-ring (bicyclic) bond motifs is 22. The maximum Gasteiger partial charge on any atom is 0.235 e. The van der Waals surface area contributed by atoms with Gasteiger partial charge in [0.05, 0.1) is 33.5 Å². The van der Waals surface area contributed by atoms with Crippen LogP contribution in [-0.4, -0.2) is 24.5 Å². The molecule has 89 heavy (non-hydrogen) atoms. The lowest BCUT2D eigenvalue weighted by atomic mass is 10.0. The van der Waals surface area contributed by atoms with Crippen LogP contribution in [0.25, 0.3) is 167 Å². The molecule has 0 unspecified atom stereocenters. The topological polar surface area (TPSA) is 56.5 Å². The summed E-state index contributed by atoms with van der Waals surface area (Å²) in [5, 5.41) is 20.0. The molecule has 19 aromatic rings. The third kappa shape index (κ3) is 8.49. The minimum atomic E-state index is 0.276. The number of nitrogens with zero attached hydrogens (tertiary/aromatic N) is 5. The van der Waals surface area contributed by atoms with Crippen LogP contribution in [0.2, 0.25) is 5.28 Å². The number of aromatic nitrogens is 5. The molecule has 1 aliphatic rings. The summed E-state index contributed by atoms with van der Waals surface area (Å²) in [6.45, 7) is 0. The van der Waals surface area contributed by atoms with E-state index in [0.717, 1.165) is 77.9 Å². The zero-order valence-electron chi connectivity index (χ0n) is 47.7. The SMILES string of the molecule is Clc1nc(-c2ccccc2)c2ccc3ccccc3c2n1.c1ccc(-c2nc(-n3c4ccccc4c4cc5c(cc43)sc3c4ccccc4ccc53)nc3c2ccc2ccccc23)cc1.c1ccc2c(c1)Cc1cc3sc4c5ccccc5ccc4c3cc1-2. The Bertz CT molecular complexity index is 6110. The van der Waals surface area contributed by atoms with Crippen molar-refractivity contribution in [3.05, 3.63) is 295 Å². The summed E-state index contributed by atoms with van der Waals surface area (Å²) in [7, 11) is 0. The highest BCUT2D eigenvalue weighted by molar-refractivity contribution is 7.27. The molecule has 0 spiro atoms. The van der Waals surface area contributed by atoms with E-state index in [9.17, 15) is 0 Å². The van der Waals surface area contributed by atoms with E-state index < -0.39 is 0 Å². The average molecular weight is 1190 g/mol. The van der Waals surface area contributed by atoms with E-state index in [2.05, 4.69) is 251 Å². The lowest BCUT2D eigenvalue weighted by molar-refractivity contribution is 1.02. The van der Waals surface area contributed by atoms with Crippen LogP contribution < -0.4 is 0 Å². The van der Waals surface area contributed by atoms with Crippen molar-refractivity contribution in [2.75, 3.05) is 0 Å². The van der Waals surface area contributed by atoms with Gasteiger partial charge in [0.25, 0.3) is 0 Å². The molecule has 8 heteroatoms. The third-order valence-corrected chi connectivity index (χ3v) is 20.4. The maximum atomic E-state index is 6.15. The Morgan fingerprint density at radius 2 is 0.775 bits per heavy atom. The third-order valence-electron chi connectivity index (χ3n) is 17.9. The summed E-state index contributed by atoms with van der Waals surface area (Å²) in [5.41, 5.74) is 13.8. The number of hydrogen-bond acceptors (Lipinski definition) is 6. The zero-order valence-corrected chi connectivity index (χ0v) is 50.1. The summed E-state index contributed by atoms with van der Waals surface area (Å²) in [5.74, 6) is 0.685. The number of thiophene rings is 2. The molecule has 0 radical (unpaired) electrons. The first-order chi connectivity index (χ1) is 44.0. The van der Waals surface area contributed by atoms with Gasteiger partial charge in [0.1, 0.15) is 0 Å². The van der Waals surface area contributed by atoms with Crippen LogP contribution >= 0.6 is 34.3 Å². The van der Waals surface area contributed by atoms with Gasteiger partial charge in [0.2, 0.25) is 11.2 Å². The molecule has 20 rings (SSSR count). The number of benzene rings is 14. The van der Waals surface area contributed by atoms with Crippen molar-refractivity contribution in [3.8, 4) is 39.6 Å². The molecule has 0 bridgehead atoms. The highest BCUT2D eigenvalue weighted by Gasteiger charge is 2.23. The fourth-order valence-corrected chi connectivity index (χ4v) is 16.4. The summed E-state index contributed by atoms with van der Waals surface area (Å²) >= 11 is 9.96. The molecule has 416 valence electrons. The van der Waals surface area contributed by atoms with Crippen molar-refractivity contribution in [1.82, 2.24) is 24.5 Å². The van der Waals surface area contributed by atoms with Gasteiger partial charge in [0, 0.05) is 83.8 Å². The summed E-state index contributed by atoms with van der Waals surface area (Å²) in [4.78, 5) is 19.6. The minimum absolute atomic E-state index is 0.276. The first-order valence-corrected chi connectivity index (χ1v) is 31.9. The van der Waals surface area contributed by atoms with Crippen molar-refractivity contribution in [3.63, 3.8) is 0 Å². The average Bonchev–Trinajstić information content (AvgIpc) is 1.69. The van der Waals surface area contributed by atoms with Crippen LogP contribution in [0, 0.1) is 0 Å². The quantitative estimate of drug-likeness (QED) is 0.131. The van der Waals surface area contributed by atoms with Crippen LogP contribution in [0.4, 0.5) is 0 Å². The van der Waals surface area contributed by atoms with Crippen LogP contribution in [0.5, 0.6) is 0 Å². The highest BCUT2D eigenvalue weighted by Crippen LogP contribution is 2.47. The molecule has 0 saturated carbocycles. The largest absolute Gasteiger partial charge is 0.278 e. The monoisotopic (exact) mass is 1190 g/mol. The molecule has 0 atom stereocenters. The van der Waals surface area contributed by atoms with E-state index >= 15 is 0 Å². The molecular formula is C81H48ClN5S2. The molecule has 0 saturated heterocycles. The predicted molar refractivity (Wildman–Crippen MR) is 380 cm³/mol. The summed E-state index contributed by atoms with van der Waals surface area (Å²) in [6.07, 6.45) is 1.07. The molecule has 0 aliphatic heterocycles. The van der Waals surface area contributed by atoms with Gasteiger partial charge in [-0.05, 0) is 115 Å². The van der Waals surface area contributed by atoms with Crippen molar-refractivity contribution >= 4 is 161 Å². The number of rotatable bonds is 3. The van der Waals surface area contributed by atoms with Gasteiger partial charge >= 0.3 is 0 Å².